The Morgan fingerprint density at radius 2 is 2.15 bits per heavy atom. The van der Waals surface area contributed by atoms with E-state index in [1.165, 1.54) is 0 Å². The van der Waals surface area contributed by atoms with Crippen LogP contribution in [0.5, 0.6) is 5.75 Å². The highest BCUT2D eigenvalue weighted by Crippen LogP contribution is 2.18. The van der Waals surface area contributed by atoms with Crippen LogP contribution in [-0.2, 0) is 11.2 Å². The summed E-state index contributed by atoms with van der Waals surface area (Å²) in [6.07, 6.45) is 2.03. The summed E-state index contributed by atoms with van der Waals surface area (Å²) in [6, 6.07) is 6.19. The summed E-state index contributed by atoms with van der Waals surface area (Å²) in [4.78, 5) is 11.5. The first-order valence-electron chi connectivity index (χ1n) is 6.68. The van der Waals surface area contributed by atoms with Gasteiger partial charge in [-0.3, -0.25) is 4.79 Å². The summed E-state index contributed by atoms with van der Waals surface area (Å²) in [5.74, 6) is 0.956. The molecule has 1 unspecified atom stereocenters. The van der Waals surface area contributed by atoms with Crippen LogP contribution < -0.4 is 15.8 Å². The summed E-state index contributed by atoms with van der Waals surface area (Å²) < 4.78 is 5.28. The van der Waals surface area contributed by atoms with Crippen molar-refractivity contribution in [1.82, 2.24) is 5.32 Å². The number of carbonyl (C=O) groups is 1. The van der Waals surface area contributed by atoms with Gasteiger partial charge in [0.2, 0.25) is 5.91 Å². The molecule has 0 aromatic heterocycles. The van der Waals surface area contributed by atoms with E-state index in [0.717, 1.165) is 29.7 Å². The fourth-order valence-electron chi connectivity index (χ4n) is 1.81. The van der Waals surface area contributed by atoms with Crippen molar-refractivity contribution in [3.63, 3.8) is 0 Å². The third kappa shape index (κ3) is 6.78. The average Bonchev–Trinajstić information content (AvgIpc) is 2.38. The number of nitrogens with two attached hydrogens (primary N) is 1. The number of aryl methyl sites for hydroxylation is 1. The number of ether oxygens (including phenoxy) is 1. The zero-order valence-corrected chi connectivity index (χ0v) is 13.3. The number of amides is 1. The van der Waals surface area contributed by atoms with Gasteiger partial charge in [-0.25, -0.2) is 0 Å². The van der Waals surface area contributed by atoms with Gasteiger partial charge < -0.3 is 15.8 Å². The number of carbonyl (C=O) groups excluding carboxylic acids is 1. The molecule has 1 aromatic carbocycles. The molecule has 1 aromatic rings. The summed E-state index contributed by atoms with van der Waals surface area (Å²) >= 11 is 0. The molecule has 1 amide bonds. The summed E-state index contributed by atoms with van der Waals surface area (Å²) in [6.45, 7) is 4.56. The van der Waals surface area contributed by atoms with Gasteiger partial charge in [0.25, 0.3) is 0 Å². The van der Waals surface area contributed by atoms with Crippen molar-refractivity contribution in [3.8, 4) is 5.75 Å². The molecule has 0 heterocycles. The Hall–Kier alpha value is -1.26. The van der Waals surface area contributed by atoms with E-state index >= 15 is 0 Å². The Kier molecular flexibility index (Phi) is 9.01. The lowest BCUT2D eigenvalue weighted by Crippen LogP contribution is -2.27. The van der Waals surface area contributed by atoms with E-state index in [1.807, 2.05) is 26.0 Å². The second-order valence-corrected chi connectivity index (χ2v) is 4.92. The fraction of sp³-hybridized carbons (Fsp3) is 0.533. The number of hydrogen-bond donors (Lipinski definition) is 2. The first-order chi connectivity index (χ1) is 9.02. The summed E-state index contributed by atoms with van der Waals surface area (Å²) in [5, 5.41) is 2.90. The molecule has 0 aliphatic carbocycles. The molecule has 1 rings (SSSR count). The van der Waals surface area contributed by atoms with Gasteiger partial charge in [-0.1, -0.05) is 12.1 Å². The van der Waals surface area contributed by atoms with Crippen molar-refractivity contribution in [3.05, 3.63) is 29.3 Å². The van der Waals surface area contributed by atoms with Crippen molar-refractivity contribution >= 4 is 18.3 Å². The lowest BCUT2D eigenvalue weighted by Gasteiger charge is -2.09. The minimum atomic E-state index is 0. The smallest absolute Gasteiger partial charge is 0.220 e. The molecule has 20 heavy (non-hydrogen) atoms. The Bertz CT molecular complexity index is 422. The van der Waals surface area contributed by atoms with Gasteiger partial charge in [0.1, 0.15) is 5.75 Å². The minimum Gasteiger partial charge on any atom is -0.496 e. The van der Waals surface area contributed by atoms with Crippen LogP contribution in [0.25, 0.3) is 0 Å². The van der Waals surface area contributed by atoms with E-state index in [9.17, 15) is 4.79 Å². The third-order valence-corrected chi connectivity index (χ3v) is 3.04. The van der Waals surface area contributed by atoms with Gasteiger partial charge >= 0.3 is 0 Å². The van der Waals surface area contributed by atoms with Crippen molar-refractivity contribution in [1.29, 1.82) is 0 Å². The predicted molar refractivity (Wildman–Crippen MR) is 84.6 cm³/mol. The van der Waals surface area contributed by atoms with Crippen molar-refractivity contribution in [2.75, 3.05) is 13.7 Å². The molecule has 0 aliphatic heterocycles. The highest BCUT2D eigenvalue weighted by Gasteiger charge is 2.04. The van der Waals surface area contributed by atoms with E-state index in [-0.39, 0.29) is 24.4 Å². The molecule has 3 N–H and O–H groups in total. The summed E-state index contributed by atoms with van der Waals surface area (Å²) in [5.41, 5.74) is 7.89. The zero-order valence-electron chi connectivity index (χ0n) is 12.4. The second-order valence-electron chi connectivity index (χ2n) is 4.92. The van der Waals surface area contributed by atoms with Gasteiger partial charge in [-0.05, 0) is 43.9 Å². The van der Waals surface area contributed by atoms with Crippen LogP contribution >= 0.6 is 12.4 Å². The molecule has 0 bridgehead atoms. The molecule has 5 heteroatoms. The van der Waals surface area contributed by atoms with Gasteiger partial charge in [0.05, 0.1) is 7.11 Å². The number of hydrogen-bond acceptors (Lipinski definition) is 3. The van der Waals surface area contributed by atoms with Crippen LogP contribution in [0.2, 0.25) is 0 Å². The highest BCUT2D eigenvalue weighted by molar-refractivity contribution is 5.85. The maximum Gasteiger partial charge on any atom is 0.220 e. The van der Waals surface area contributed by atoms with Gasteiger partial charge in [-0.2, -0.15) is 0 Å². The Morgan fingerprint density at radius 1 is 1.45 bits per heavy atom. The summed E-state index contributed by atoms with van der Waals surface area (Å²) in [7, 11) is 1.67. The minimum absolute atomic E-state index is 0. The Labute approximate surface area is 127 Å². The van der Waals surface area contributed by atoms with Crippen molar-refractivity contribution < 1.29 is 9.53 Å². The number of rotatable bonds is 7. The number of nitrogens with one attached hydrogen (secondary N) is 1. The highest BCUT2D eigenvalue weighted by atomic mass is 35.5. The van der Waals surface area contributed by atoms with Crippen LogP contribution in [0.4, 0.5) is 0 Å². The molecule has 0 fully saturated rings. The Balaban J connectivity index is 0.00000361. The SMILES string of the molecule is COc1cc(CCNC(=O)CCC(C)N)ccc1C.Cl. The molecule has 114 valence electrons. The number of halogens is 1. The molecule has 0 aliphatic rings. The molecule has 1 atom stereocenters. The van der Waals surface area contributed by atoms with E-state index in [4.69, 9.17) is 10.5 Å². The van der Waals surface area contributed by atoms with Gasteiger partial charge in [0, 0.05) is 19.0 Å². The standard InChI is InChI=1S/C15H24N2O2.ClH/c1-11-4-6-13(10-14(11)19-3)8-9-17-15(18)7-5-12(2)16;/h4,6,10,12H,5,7-9,16H2,1-3H3,(H,17,18);1H. The van der Waals surface area contributed by atoms with E-state index < -0.39 is 0 Å². The van der Waals surface area contributed by atoms with Crippen LogP contribution in [0.15, 0.2) is 18.2 Å². The van der Waals surface area contributed by atoms with Crippen LogP contribution in [-0.4, -0.2) is 25.6 Å². The second kappa shape index (κ2) is 9.61. The molecule has 0 radical (unpaired) electrons. The molecule has 4 nitrogen and oxygen atoms in total. The monoisotopic (exact) mass is 300 g/mol. The molecule has 0 spiro atoms. The van der Waals surface area contributed by atoms with Crippen LogP contribution in [0, 0.1) is 6.92 Å². The van der Waals surface area contributed by atoms with E-state index in [2.05, 4.69) is 11.4 Å². The molecule has 0 saturated carbocycles. The van der Waals surface area contributed by atoms with E-state index in [1.54, 1.807) is 7.11 Å². The van der Waals surface area contributed by atoms with Gasteiger partial charge in [0.15, 0.2) is 0 Å². The maximum absolute atomic E-state index is 11.5. The molecular formula is C15H25ClN2O2. The Morgan fingerprint density at radius 3 is 2.75 bits per heavy atom. The molecular weight excluding hydrogens is 276 g/mol. The largest absolute Gasteiger partial charge is 0.496 e. The zero-order chi connectivity index (χ0) is 14.3. The van der Waals surface area contributed by atoms with E-state index in [0.29, 0.717) is 13.0 Å². The third-order valence-electron chi connectivity index (χ3n) is 3.04. The maximum atomic E-state index is 11.5. The topological polar surface area (TPSA) is 64.3 Å². The number of benzene rings is 1. The first-order valence-corrected chi connectivity index (χ1v) is 6.68. The van der Waals surface area contributed by atoms with Gasteiger partial charge in [-0.15, -0.1) is 12.4 Å². The average molecular weight is 301 g/mol. The quantitative estimate of drug-likeness (QED) is 0.811. The molecule has 0 saturated heterocycles. The van der Waals surface area contributed by atoms with Crippen LogP contribution in [0.1, 0.15) is 30.9 Å². The fourth-order valence-corrected chi connectivity index (χ4v) is 1.81. The van der Waals surface area contributed by atoms with Crippen molar-refractivity contribution in [2.45, 2.75) is 39.2 Å². The number of methoxy groups -OCH3 is 1. The lowest BCUT2D eigenvalue weighted by molar-refractivity contribution is -0.121. The first kappa shape index (κ1) is 18.7. The normalized spacial score (nSPS) is 11.4. The van der Waals surface area contributed by atoms with Crippen LogP contribution in [0.3, 0.4) is 0 Å². The van der Waals surface area contributed by atoms with Crippen molar-refractivity contribution in [2.24, 2.45) is 5.73 Å². The predicted octanol–water partition coefficient (Wildman–Crippen LogP) is 2.21. The lowest BCUT2D eigenvalue weighted by atomic mass is 10.1.